The molecule has 0 saturated carbocycles. The zero-order valence-electron chi connectivity index (χ0n) is 18.6. The van der Waals surface area contributed by atoms with E-state index in [9.17, 15) is 9.18 Å². The van der Waals surface area contributed by atoms with E-state index in [-0.39, 0.29) is 22.8 Å². The Morgan fingerprint density at radius 1 is 1.18 bits per heavy atom. The van der Waals surface area contributed by atoms with Crippen LogP contribution in [0.15, 0.2) is 48.7 Å². The van der Waals surface area contributed by atoms with Crippen molar-refractivity contribution in [2.45, 2.75) is 31.9 Å². The highest BCUT2D eigenvalue weighted by atomic mass is 35.5. The molecule has 1 saturated heterocycles. The van der Waals surface area contributed by atoms with E-state index in [2.05, 4.69) is 15.6 Å². The molecule has 1 amide bonds. The van der Waals surface area contributed by atoms with Gasteiger partial charge in [0, 0.05) is 34.0 Å². The molecule has 1 aliphatic rings. The molecule has 1 fully saturated rings. The van der Waals surface area contributed by atoms with Gasteiger partial charge in [-0.3, -0.25) is 4.79 Å². The summed E-state index contributed by atoms with van der Waals surface area (Å²) in [6.45, 7) is 3.53. The molecule has 1 aromatic heterocycles. The van der Waals surface area contributed by atoms with Gasteiger partial charge < -0.3 is 21.1 Å². The Hall–Kier alpha value is -2.87. The second-order valence-electron chi connectivity index (χ2n) is 8.20. The summed E-state index contributed by atoms with van der Waals surface area (Å²) in [5.74, 6) is -0.178. The largest absolute Gasteiger partial charge is 0.482 e. The average Bonchev–Trinajstić information content (AvgIpc) is 2.84. The fraction of sp³-hybridized carbons (Fsp3) is 0.280. The van der Waals surface area contributed by atoms with Crippen molar-refractivity contribution in [1.29, 1.82) is 0 Å². The Labute approximate surface area is 207 Å². The number of benzene rings is 2. The molecular formula is C25H25Cl2FN4O2. The number of nitrogens with one attached hydrogen (secondary N) is 2. The normalized spacial score (nSPS) is 15.1. The van der Waals surface area contributed by atoms with E-state index in [4.69, 9.17) is 33.7 Å². The van der Waals surface area contributed by atoms with Crippen LogP contribution in [0.3, 0.4) is 0 Å². The molecule has 34 heavy (non-hydrogen) atoms. The topological polar surface area (TPSA) is 89.3 Å². The van der Waals surface area contributed by atoms with Crippen molar-refractivity contribution >= 4 is 34.9 Å². The Bertz CT molecular complexity index is 1180. The lowest BCUT2D eigenvalue weighted by molar-refractivity contribution is 0.0929. The molecule has 0 bridgehead atoms. The molecule has 3 aromatic rings. The number of carbonyl (C=O) groups excluding carboxylic acids is 1. The van der Waals surface area contributed by atoms with E-state index in [1.165, 1.54) is 12.1 Å². The number of amides is 1. The van der Waals surface area contributed by atoms with E-state index >= 15 is 0 Å². The molecule has 0 aliphatic carbocycles. The molecule has 6 nitrogen and oxygen atoms in total. The molecule has 0 spiro atoms. The Kier molecular flexibility index (Phi) is 7.56. The number of nitrogens with zero attached hydrogens (tertiary/aromatic N) is 1. The molecule has 0 radical (unpaired) electrons. The molecule has 4 N–H and O–H groups in total. The van der Waals surface area contributed by atoms with Crippen molar-refractivity contribution in [2.75, 3.05) is 18.8 Å². The molecule has 9 heteroatoms. The van der Waals surface area contributed by atoms with E-state index < -0.39 is 11.9 Å². The minimum absolute atomic E-state index is 0.0874. The van der Waals surface area contributed by atoms with E-state index in [0.29, 0.717) is 21.9 Å². The van der Waals surface area contributed by atoms with Crippen LogP contribution in [-0.4, -0.2) is 30.0 Å². The van der Waals surface area contributed by atoms with Gasteiger partial charge in [0.1, 0.15) is 11.9 Å². The van der Waals surface area contributed by atoms with Gasteiger partial charge in [-0.25, -0.2) is 9.37 Å². The standard InChI is InChI=1S/C25H25Cl2FN4O2/c1-14(22-19(26)6-7-20(28)23(22)27)34-21-12-17(13-31-24(21)29)15-2-4-16(5-3-15)25(33)32-18-8-10-30-11-9-18/h2-7,12-14,18,30H,8-11H2,1H3,(H2,29,31)(H,32,33). The van der Waals surface area contributed by atoms with Crippen molar-refractivity contribution in [2.24, 2.45) is 0 Å². The second-order valence-corrected chi connectivity index (χ2v) is 8.98. The summed E-state index contributed by atoms with van der Waals surface area (Å²) in [4.78, 5) is 16.8. The van der Waals surface area contributed by atoms with Crippen LogP contribution in [-0.2, 0) is 0 Å². The summed E-state index contributed by atoms with van der Waals surface area (Å²) in [6.07, 6.45) is 2.80. The molecule has 2 heterocycles. The van der Waals surface area contributed by atoms with Gasteiger partial charge in [-0.05, 0) is 68.8 Å². The summed E-state index contributed by atoms with van der Waals surface area (Å²) in [7, 11) is 0. The molecule has 178 valence electrons. The Morgan fingerprint density at radius 3 is 2.59 bits per heavy atom. The van der Waals surface area contributed by atoms with Crippen LogP contribution in [0, 0.1) is 5.82 Å². The van der Waals surface area contributed by atoms with Crippen LogP contribution in [0.2, 0.25) is 10.0 Å². The molecule has 1 unspecified atom stereocenters. The van der Waals surface area contributed by atoms with Gasteiger partial charge in [0.05, 0.1) is 5.02 Å². The third-order valence-corrected chi connectivity index (χ3v) is 6.54. The molecule has 1 aliphatic heterocycles. The molecular weight excluding hydrogens is 478 g/mol. The second kappa shape index (κ2) is 10.6. The summed E-state index contributed by atoms with van der Waals surface area (Å²) in [6, 6.07) is 11.8. The van der Waals surface area contributed by atoms with Crippen LogP contribution >= 0.6 is 23.2 Å². The first-order valence-electron chi connectivity index (χ1n) is 11.0. The summed E-state index contributed by atoms with van der Waals surface area (Å²) in [5.41, 5.74) is 8.53. The fourth-order valence-electron chi connectivity index (χ4n) is 3.92. The number of anilines is 1. The van der Waals surface area contributed by atoms with Gasteiger partial charge in [-0.2, -0.15) is 0 Å². The van der Waals surface area contributed by atoms with Crippen molar-refractivity contribution in [3.05, 3.63) is 75.7 Å². The highest BCUT2D eigenvalue weighted by Gasteiger charge is 2.20. The van der Waals surface area contributed by atoms with Crippen LogP contribution in [0.5, 0.6) is 5.75 Å². The SMILES string of the molecule is CC(Oc1cc(-c2ccc(C(=O)NC3CCNCC3)cc2)cnc1N)c1c(Cl)ccc(F)c1Cl. The average molecular weight is 503 g/mol. The highest BCUT2D eigenvalue weighted by molar-refractivity contribution is 6.36. The van der Waals surface area contributed by atoms with E-state index in [1.807, 2.05) is 12.1 Å². The number of hydrogen-bond acceptors (Lipinski definition) is 5. The van der Waals surface area contributed by atoms with Gasteiger partial charge in [0.2, 0.25) is 0 Å². The third-order valence-electron chi connectivity index (χ3n) is 5.83. The Balaban J connectivity index is 1.50. The zero-order chi connectivity index (χ0) is 24.2. The summed E-state index contributed by atoms with van der Waals surface area (Å²) in [5, 5.41) is 6.56. The van der Waals surface area contributed by atoms with E-state index in [1.54, 1.807) is 31.3 Å². The van der Waals surface area contributed by atoms with Crippen LogP contribution < -0.4 is 21.1 Å². The number of rotatable bonds is 6. The monoisotopic (exact) mass is 502 g/mol. The maximum Gasteiger partial charge on any atom is 0.251 e. The number of aromatic nitrogens is 1. The first kappa shape index (κ1) is 24.3. The van der Waals surface area contributed by atoms with Crippen molar-refractivity contribution in [1.82, 2.24) is 15.6 Å². The minimum atomic E-state index is -0.670. The zero-order valence-corrected chi connectivity index (χ0v) is 20.1. The lowest BCUT2D eigenvalue weighted by Crippen LogP contribution is -2.42. The predicted molar refractivity (Wildman–Crippen MR) is 133 cm³/mol. The fourth-order valence-corrected chi connectivity index (χ4v) is 4.60. The van der Waals surface area contributed by atoms with Gasteiger partial charge in [0.25, 0.3) is 5.91 Å². The van der Waals surface area contributed by atoms with Crippen molar-refractivity contribution in [3.63, 3.8) is 0 Å². The van der Waals surface area contributed by atoms with Gasteiger partial charge in [-0.15, -0.1) is 0 Å². The number of halogens is 3. The maximum atomic E-state index is 13.9. The number of hydrogen-bond donors (Lipinski definition) is 3. The summed E-state index contributed by atoms with van der Waals surface area (Å²) >= 11 is 12.3. The number of piperidine rings is 1. The number of ether oxygens (including phenoxy) is 1. The highest BCUT2D eigenvalue weighted by Crippen LogP contribution is 2.37. The number of nitrogens with two attached hydrogens (primary N) is 1. The molecule has 2 aromatic carbocycles. The molecule has 1 atom stereocenters. The number of carbonyl (C=O) groups is 1. The van der Waals surface area contributed by atoms with Crippen LogP contribution in [0.25, 0.3) is 11.1 Å². The van der Waals surface area contributed by atoms with Gasteiger partial charge >= 0.3 is 0 Å². The van der Waals surface area contributed by atoms with Crippen LogP contribution in [0.4, 0.5) is 10.2 Å². The predicted octanol–water partition coefficient (Wildman–Crippen LogP) is 5.40. The number of pyridine rings is 1. The maximum absolute atomic E-state index is 13.9. The minimum Gasteiger partial charge on any atom is -0.482 e. The van der Waals surface area contributed by atoms with Gasteiger partial charge in [-0.1, -0.05) is 35.3 Å². The van der Waals surface area contributed by atoms with Crippen LogP contribution in [0.1, 0.15) is 41.8 Å². The quantitative estimate of drug-likeness (QED) is 0.392. The van der Waals surface area contributed by atoms with Gasteiger partial charge in [0.15, 0.2) is 11.6 Å². The Morgan fingerprint density at radius 2 is 1.88 bits per heavy atom. The lowest BCUT2D eigenvalue weighted by Gasteiger charge is -2.23. The van der Waals surface area contributed by atoms with Crippen molar-refractivity contribution in [3.8, 4) is 16.9 Å². The first-order valence-corrected chi connectivity index (χ1v) is 11.8. The van der Waals surface area contributed by atoms with Crippen molar-refractivity contribution < 1.29 is 13.9 Å². The lowest BCUT2D eigenvalue weighted by atomic mass is 10.0. The number of nitrogen functional groups attached to an aromatic ring is 1. The van der Waals surface area contributed by atoms with E-state index in [0.717, 1.165) is 37.1 Å². The summed E-state index contributed by atoms with van der Waals surface area (Å²) < 4.78 is 19.9. The molecule has 4 rings (SSSR count). The third kappa shape index (κ3) is 5.43. The first-order chi connectivity index (χ1) is 16.3. The smallest absolute Gasteiger partial charge is 0.251 e.